The van der Waals surface area contributed by atoms with Crippen LogP contribution in [0, 0.1) is 0 Å². The van der Waals surface area contributed by atoms with E-state index in [0.29, 0.717) is 19.6 Å². The molecule has 0 saturated carbocycles. The van der Waals surface area contributed by atoms with Crippen molar-refractivity contribution in [3.8, 4) is 0 Å². The van der Waals surface area contributed by atoms with Crippen molar-refractivity contribution in [3.63, 3.8) is 0 Å². The first-order valence-electron chi connectivity index (χ1n) is 5.33. The van der Waals surface area contributed by atoms with E-state index in [1.807, 2.05) is 24.3 Å². The zero-order chi connectivity index (χ0) is 11.0. The van der Waals surface area contributed by atoms with Gasteiger partial charge in [0, 0.05) is 11.6 Å². The Morgan fingerprint density at radius 2 is 2.12 bits per heavy atom. The summed E-state index contributed by atoms with van der Waals surface area (Å²) in [6.45, 7) is 1.04. The van der Waals surface area contributed by atoms with Crippen LogP contribution in [0.4, 0.5) is 0 Å². The molecule has 3 rings (SSSR count). The van der Waals surface area contributed by atoms with Crippen molar-refractivity contribution in [2.24, 2.45) is 0 Å². The molecule has 0 fully saturated rings. The maximum absolute atomic E-state index is 11.5. The number of hydrogen-bond acceptors (Lipinski definition) is 3. The Hall–Kier alpha value is -1.61. The molecule has 1 aromatic carbocycles. The molecule has 0 saturated heterocycles. The third-order valence-electron chi connectivity index (χ3n) is 3.11. The lowest BCUT2D eigenvalue weighted by molar-refractivity contribution is -0.132. The van der Waals surface area contributed by atoms with Gasteiger partial charge in [-0.25, -0.2) is 0 Å². The van der Waals surface area contributed by atoms with Crippen molar-refractivity contribution < 1.29 is 14.3 Å². The second-order valence-electron chi connectivity index (χ2n) is 4.21. The molecule has 2 aliphatic heterocycles. The fraction of sp³-hybridized carbons (Fsp3) is 0.308. The van der Waals surface area contributed by atoms with Crippen LogP contribution >= 0.6 is 0 Å². The lowest BCUT2D eigenvalue weighted by Crippen LogP contribution is -2.41. The molecule has 2 heterocycles. The van der Waals surface area contributed by atoms with E-state index in [2.05, 4.69) is 0 Å². The summed E-state index contributed by atoms with van der Waals surface area (Å²) >= 11 is 0. The summed E-state index contributed by atoms with van der Waals surface area (Å²) in [6.07, 6.45) is 3.32. The van der Waals surface area contributed by atoms with Gasteiger partial charge in [0.2, 0.25) is 0 Å². The van der Waals surface area contributed by atoms with Crippen molar-refractivity contribution in [3.05, 3.63) is 47.7 Å². The Kier molecular flexibility index (Phi) is 2.07. The van der Waals surface area contributed by atoms with E-state index in [9.17, 15) is 4.79 Å². The predicted octanol–water partition coefficient (Wildman–Crippen LogP) is 1.92. The molecule has 0 amide bonds. The number of ether oxygens (including phenoxy) is 2. The molecule has 1 spiro atoms. The molecule has 1 unspecified atom stereocenters. The van der Waals surface area contributed by atoms with Crippen LogP contribution in [0.15, 0.2) is 36.6 Å². The Bertz CT molecular complexity index is 464. The normalized spacial score (nSPS) is 27.6. The van der Waals surface area contributed by atoms with E-state index in [1.54, 1.807) is 0 Å². The van der Waals surface area contributed by atoms with Crippen LogP contribution in [-0.2, 0) is 26.5 Å². The molecule has 3 nitrogen and oxygen atoms in total. The van der Waals surface area contributed by atoms with Crippen LogP contribution < -0.4 is 0 Å². The van der Waals surface area contributed by atoms with Gasteiger partial charge in [0.25, 0.3) is 0 Å². The molecule has 1 aromatic rings. The average Bonchev–Trinajstić information content (AvgIpc) is 2.30. The number of carbonyl (C=O) groups excluding carboxylic acids is 1. The number of rotatable bonds is 0. The van der Waals surface area contributed by atoms with Gasteiger partial charge in [-0.1, -0.05) is 24.3 Å². The van der Waals surface area contributed by atoms with Crippen LogP contribution in [0.5, 0.6) is 0 Å². The third-order valence-corrected chi connectivity index (χ3v) is 3.11. The van der Waals surface area contributed by atoms with Crippen LogP contribution in [0.3, 0.4) is 0 Å². The Labute approximate surface area is 93.7 Å². The maximum Gasteiger partial charge on any atom is 0.164 e. The minimum absolute atomic E-state index is 0.0894. The highest BCUT2D eigenvalue weighted by Gasteiger charge is 2.41. The molecule has 0 radical (unpaired) electrons. The quantitative estimate of drug-likeness (QED) is 0.664. The number of allylic oxidation sites excluding steroid dienone is 1. The van der Waals surface area contributed by atoms with Crippen LogP contribution in [0.2, 0.25) is 0 Å². The first-order chi connectivity index (χ1) is 7.80. The van der Waals surface area contributed by atoms with E-state index < -0.39 is 5.60 Å². The standard InChI is InChI=1S/C13H12O3/c14-11-5-6-16-13(7-11)9-15-8-10-3-1-2-4-12(10)13/h1-6H,7-9H2. The van der Waals surface area contributed by atoms with Gasteiger partial charge in [-0.15, -0.1) is 0 Å². The van der Waals surface area contributed by atoms with Gasteiger partial charge in [0.1, 0.15) is 0 Å². The van der Waals surface area contributed by atoms with Crippen LogP contribution in [-0.4, -0.2) is 12.4 Å². The van der Waals surface area contributed by atoms with Crippen molar-refractivity contribution in [1.82, 2.24) is 0 Å². The molecule has 16 heavy (non-hydrogen) atoms. The van der Waals surface area contributed by atoms with Crippen molar-refractivity contribution in [2.45, 2.75) is 18.6 Å². The molecule has 1 atom stereocenters. The van der Waals surface area contributed by atoms with E-state index in [-0.39, 0.29) is 5.78 Å². The Morgan fingerprint density at radius 3 is 3.00 bits per heavy atom. The zero-order valence-corrected chi connectivity index (χ0v) is 8.81. The lowest BCUT2D eigenvalue weighted by Gasteiger charge is -2.38. The van der Waals surface area contributed by atoms with Crippen molar-refractivity contribution >= 4 is 5.78 Å². The summed E-state index contributed by atoms with van der Waals surface area (Å²) in [6, 6.07) is 7.98. The highest BCUT2D eigenvalue weighted by molar-refractivity contribution is 5.91. The summed E-state index contributed by atoms with van der Waals surface area (Å²) in [5.41, 5.74) is 1.59. The van der Waals surface area contributed by atoms with Crippen molar-refractivity contribution in [2.75, 3.05) is 6.61 Å². The SMILES string of the molecule is O=C1C=COC2(COCc3ccccc32)C1. The number of carbonyl (C=O) groups is 1. The Balaban J connectivity index is 2.10. The first-order valence-corrected chi connectivity index (χ1v) is 5.33. The second kappa shape index (κ2) is 3.46. The zero-order valence-electron chi connectivity index (χ0n) is 8.81. The minimum atomic E-state index is -0.597. The van der Waals surface area contributed by atoms with Gasteiger partial charge in [0.15, 0.2) is 11.4 Å². The Morgan fingerprint density at radius 1 is 1.25 bits per heavy atom. The van der Waals surface area contributed by atoms with Gasteiger partial charge < -0.3 is 9.47 Å². The number of ketones is 1. The largest absolute Gasteiger partial charge is 0.487 e. The van der Waals surface area contributed by atoms with Gasteiger partial charge in [0.05, 0.1) is 25.9 Å². The molecule has 0 N–H and O–H groups in total. The highest BCUT2D eigenvalue weighted by Crippen LogP contribution is 2.38. The summed E-state index contributed by atoms with van der Waals surface area (Å²) in [7, 11) is 0. The summed E-state index contributed by atoms with van der Waals surface area (Å²) < 4.78 is 11.2. The molecule has 0 aromatic heterocycles. The molecule has 0 bridgehead atoms. The average molecular weight is 216 g/mol. The van der Waals surface area contributed by atoms with Gasteiger partial charge in [-0.05, 0) is 5.56 Å². The summed E-state index contributed by atoms with van der Waals surface area (Å²) in [4.78, 5) is 11.5. The fourth-order valence-corrected chi connectivity index (χ4v) is 2.36. The lowest BCUT2D eigenvalue weighted by atomic mass is 9.83. The molecule has 2 aliphatic rings. The molecule has 3 heteroatoms. The molecular weight excluding hydrogens is 204 g/mol. The number of hydrogen-bond donors (Lipinski definition) is 0. The van der Waals surface area contributed by atoms with Crippen LogP contribution in [0.1, 0.15) is 17.5 Å². The van der Waals surface area contributed by atoms with Gasteiger partial charge in [-0.3, -0.25) is 4.79 Å². The van der Waals surface area contributed by atoms with E-state index in [4.69, 9.17) is 9.47 Å². The van der Waals surface area contributed by atoms with Crippen molar-refractivity contribution in [1.29, 1.82) is 0 Å². The van der Waals surface area contributed by atoms with Crippen LogP contribution in [0.25, 0.3) is 0 Å². The highest BCUT2D eigenvalue weighted by atomic mass is 16.5. The number of benzene rings is 1. The predicted molar refractivity (Wildman–Crippen MR) is 57.6 cm³/mol. The first kappa shape index (κ1) is 9.60. The monoisotopic (exact) mass is 216 g/mol. The second-order valence-corrected chi connectivity index (χ2v) is 4.21. The molecular formula is C13H12O3. The third kappa shape index (κ3) is 1.36. The molecule has 0 aliphatic carbocycles. The number of fused-ring (bicyclic) bond motifs is 2. The smallest absolute Gasteiger partial charge is 0.164 e. The topological polar surface area (TPSA) is 35.5 Å². The summed E-state index contributed by atoms with van der Waals surface area (Å²) in [5.74, 6) is 0.0894. The minimum Gasteiger partial charge on any atom is -0.487 e. The fourth-order valence-electron chi connectivity index (χ4n) is 2.36. The van der Waals surface area contributed by atoms with E-state index in [0.717, 1.165) is 11.1 Å². The van der Waals surface area contributed by atoms with Gasteiger partial charge >= 0.3 is 0 Å². The maximum atomic E-state index is 11.5. The summed E-state index contributed by atoms with van der Waals surface area (Å²) in [5, 5.41) is 0. The van der Waals surface area contributed by atoms with E-state index >= 15 is 0 Å². The van der Waals surface area contributed by atoms with E-state index in [1.165, 1.54) is 12.3 Å². The molecule has 82 valence electrons. The van der Waals surface area contributed by atoms with Gasteiger partial charge in [-0.2, -0.15) is 0 Å².